The number of carbonyl (C=O) groups is 1. The molecule has 3 aliphatic rings. The predicted octanol–water partition coefficient (Wildman–Crippen LogP) is 4.63. The molecule has 2 unspecified atom stereocenters. The predicted molar refractivity (Wildman–Crippen MR) is 89.0 cm³/mol. The van der Waals surface area contributed by atoms with Gasteiger partial charge in [0.2, 0.25) is 0 Å². The highest BCUT2D eigenvalue weighted by atomic mass is 16.2. The minimum atomic E-state index is 0.0917. The Labute approximate surface area is 132 Å². The van der Waals surface area contributed by atoms with Gasteiger partial charge in [0.05, 0.1) is 0 Å². The maximum atomic E-state index is 12.7. The molecule has 0 radical (unpaired) electrons. The van der Waals surface area contributed by atoms with E-state index in [4.69, 9.17) is 0 Å². The number of benzene rings is 1. The summed E-state index contributed by atoms with van der Waals surface area (Å²) < 4.78 is 0. The Hall–Kier alpha value is -1.77. The molecule has 22 heavy (non-hydrogen) atoms. The van der Waals surface area contributed by atoms with Crippen LogP contribution < -0.4 is 5.32 Å². The molecule has 2 aliphatic heterocycles. The number of anilines is 1. The average molecular weight is 296 g/mol. The molecular formula is C19H24N2O. The maximum Gasteiger partial charge on any atom is 0.322 e. The Morgan fingerprint density at radius 1 is 1.05 bits per heavy atom. The summed E-state index contributed by atoms with van der Waals surface area (Å²) in [6.45, 7) is 2.06. The molecule has 2 heterocycles. The van der Waals surface area contributed by atoms with Crippen LogP contribution in [0.25, 0.3) is 0 Å². The number of amides is 2. The topological polar surface area (TPSA) is 32.3 Å². The number of nitrogens with zero attached hydrogens (tertiary/aromatic N) is 1. The molecule has 2 bridgehead atoms. The van der Waals surface area contributed by atoms with E-state index in [0.29, 0.717) is 12.1 Å². The number of hydrogen-bond donors (Lipinski definition) is 1. The Morgan fingerprint density at radius 2 is 1.68 bits per heavy atom. The van der Waals surface area contributed by atoms with Crippen LogP contribution in [-0.2, 0) is 0 Å². The summed E-state index contributed by atoms with van der Waals surface area (Å²) in [6, 6.07) is 8.99. The van der Waals surface area contributed by atoms with Crippen molar-refractivity contribution in [2.75, 3.05) is 5.32 Å². The molecule has 4 rings (SSSR count). The molecule has 116 valence electrons. The van der Waals surface area contributed by atoms with E-state index in [1.165, 1.54) is 37.7 Å². The first-order valence-electron chi connectivity index (χ1n) is 8.56. The minimum Gasteiger partial charge on any atom is -0.318 e. The second kappa shape index (κ2) is 5.45. The van der Waals surface area contributed by atoms with Crippen molar-refractivity contribution in [2.24, 2.45) is 0 Å². The van der Waals surface area contributed by atoms with Gasteiger partial charge in [-0.15, -0.1) is 0 Å². The molecule has 1 N–H and O–H groups in total. The summed E-state index contributed by atoms with van der Waals surface area (Å²) in [6.07, 6.45) is 8.56. The van der Waals surface area contributed by atoms with E-state index >= 15 is 0 Å². The summed E-state index contributed by atoms with van der Waals surface area (Å²) in [5, 5.41) is 3.08. The molecule has 3 heteroatoms. The fraction of sp³-hybridized carbons (Fsp3) is 0.526. The monoisotopic (exact) mass is 296 g/mol. The third-order valence-corrected chi connectivity index (χ3v) is 5.58. The average Bonchev–Trinajstić information content (AvgIpc) is 2.71. The summed E-state index contributed by atoms with van der Waals surface area (Å²) in [5.41, 5.74) is 5.50. The fourth-order valence-corrected chi connectivity index (χ4v) is 4.17. The lowest BCUT2D eigenvalue weighted by molar-refractivity contribution is 0.173. The van der Waals surface area contributed by atoms with Crippen LogP contribution in [-0.4, -0.2) is 23.0 Å². The van der Waals surface area contributed by atoms with E-state index < -0.39 is 0 Å². The van der Waals surface area contributed by atoms with Gasteiger partial charge in [-0.25, -0.2) is 4.79 Å². The van der Waals surface area contributed by atoms with E-state index in [1.807, 2.05) is 24.3 Å². The number of aryl methyl sites for hydroxylation is 1. The number of carbonyl (C=O) groups excluding carboxylic acids is 1. The highest BCUT2D eigenvalue weighted by Gasteiger charge is 2.42. The third-order valence-electron chi connectivity index (χ3n) is 5.58. The van der Waals surface area contributed by atoms with Gasteiger partial charge < -0.3 is 10.2 Å². The van der Waals surface area contributed by atoms with Gasteiger partial charge in [0.1, 0.15) is 0 Å². The highest BCUT2D eigenvalue weighted by Crippen LogP contribution is 2.43. The van der Waals surface area contributed by atoms with Crippen molar-refractivity contribution in [3.05, 3.63) is 41.0 Å². The lowest BCUT2D eigenvalue weighted by Gasteiger charge is -2.38. The van der Waals surface area contributed by atoms with Crippen molar-refractivity contribution in [3.8, 4) is 0 Å². The van der Waals surface area contributed by atoms with Gasteiger partial charge in [0.25, 0.3) is 0 Å². The van der Waals surface area contributed by atoms with Crippen LogP contribution in [0.4, 0.5) is 10.5 Å². The summed E-state index contributed by atoms with van der Waals surface area (Å²) in [5.74, 6) is 0. The van der Waals surface area contributed by atoms with Crippen LogP contribution in [0, 0.1) is 6.92 Å². The van der Waals surface area contributed by atoms with Gasteiger partial charge in [-0.2, -0.15) is 0 Å². The minimum absolute atomic E-state index is 0.0917. The molecule has 1 aromatic rings. The highest BCUT2D eigenvalue weighted by molar-refractivity contribution is 5.90. The number of piperidine rings is 1. The van der Waals surface area contributed by atoms with Crippen molar-refractivity contribution in [3.63, 3.8) is 0 Å². The number of fused-ring (bicyclic) bond motifs is 2. The number of nitrogens with one attached hydrogen (secondary N) is 1. The fourth-order valence-electron chi connectivity index (χ4n) is 4.17. The zero-order chi connectivity index (χ0) is 15.1. The van der Waals surface area contributed by atoms with Crippen LogP contribution in [0.3, 0.4) is 0 Å². The van der Waals surface area contributed by atoms with Crippen LogP contribution in [0.5, 0.6) is 0 Å². The lowest BCUT2D eigenvalue weighted by atomic mass is 9.82. The molecule has 1 aromatic carbocycles. The maximum absolute atomic E-state index is 12.7. The zero-order valence-corrected chi connectivity index (χ0v) is 13.3. The van der Waals surface area contributed by atoms with Crippen molar-refractivity contribution < 1.29 is 4.79 Å². The molecule has 1 saturated carbocycles. The van der Waals surface area contributed by atoms with Gasteiger partial charge in [0.15, 0.2) is 0 Å². The molecule has 3 nitrogen and oxygen atoms in total. The SMILES string of the molecule is Cc1ccc(NC(=O)N2C3CCC2CC(=C2CCC2)C3)cc1. The normalized spacial score (nSPS) is 26.9. The van der Waals surface area contributed by atoms with Gasteiger partial charge >= 0.3 is 6.03 Å². The van der Waals surface area contributed by atoms with E-state index in [2.05, 4.69) is 17.1 Å². The zero-order valence-electron chi connectivity index (χ0n) is 13.3. The summed E-state index contributed by atoms with van der Waals surface area (Å²) in [7, 11) is 0. The van der Waals surface area contributed by atoms with Gasteiger partial charge in [0, 0.05) is 17.8 Å². The molecule has 0 aromatic heterocycles. The molecule has 0 spiro atoms. The number of allylic oxidation sites excluding steroid dienone is 1. The second-order valence-corrected chi connectivity index (χ2v) is 7.06. The van der Waals surface area contributed by atoms with Crippen molar-refractivity contribution in [1.82, 2.24) is 4.90 Å². The number of urea groups is 1. The number of hydrogen-bond acceptors (Lipinski definition) is 1. The Bertz CT molecular complexity index is 595. The Balaban J connectivity index is 1.47. The number of rotatable bonds is 1. The van der Waals surface area contributed by atoms with Crippen molar-refractivity contribution in [1.29, 1.82) is 0 Å². The largest absolute Gasteiger partial charge is 0.322 e. The van der Waals surface area contributed by atoms with Crippen LogP contribution in [0.1, 0.15) is 50.5 Å². The van der Waals surface area contributed by atoms with Crippen molar-refractivity contribution >= 4 is 11.7 Å². The van der Waals surface area contributed by atoms with E-state index in [1.54, 1.807) is 11.1 Å². The van der Waals surface area contributed by atoms with E-state index in [0.717, 1.165) is 18.5 Å². The third kappa shape index (κ3) is 2.43. The van der Waals surface area contributed by atoms with Crippen LogP contribution in [0.2, 0.25) is 0 Å². The molecule has 2 saturated heterocycles. The Morgan fingerprint density at radius 3 is 2.23 bits per heavy atom. The Kier molecular flexibility index (Phi) is 3.44. The summed E-state index contributed by atoms with van der Waals surface area (Å²) in [4.78, 5) is 14.8. The first-order valence-corrected chi connectivity index (χ1v) is 8.56. The molecule has 2 amide bonds. The molecular weight excluding hydrogens is 272 g/mol. The first kappa shape index (κ1) is 13.9. The van der Waals surface area contributed by atoms with Crippen LogP contribution in [0.15, 0.2) is 35.4 Å². The second-order valence-electron chi connectivity index (χ2n) is 7.06. The standard InChI is InChI=1S/C19H24N2O/c1-13-5-7-16(8-6-13)20-19(22)21-17-9-10-18(21)12-15(11-17)14-3-2-4-14/h5-8,17-18H,2-4,9-12H2,1H3,(H,20,22). The molecule has 1 aliphatic carbocycles. The lowest BCUT2D eigenvalue weighted by Crippen LogP contribution is -2.47. The van der Waals surface area contributed by atoms with Crippen molar-refractivity contribution in [2.45, 2.75) is 64.0 Å². The molecule has 3 fully saturated rings. The smallest absolute Gasteiger partial charge is 0.318 e. The first-order chi connectivity index (χ1) is 10.7. The van der Waals surface area contributed by atoms with Gasteiger partial charge in [-0.05, 0) is 64.0 Å². The molecule has 2 atom stereocenters. The van der Waals surface area contributed by atoms with Gasteiger partial charge in [-0.3, -0.25) is 0 Å². The van der Waals surface area contributed by atoms with E-state index in [-0.39, 0.29) is 6.03 Å². The van der Waals surface area contributed by atoms with E-state index in [9.17, 15) is 4.79 Å². The van der Waals surface area contributed by atoms with Gasteiger partial charge in [-0.1, -0.05) is 28.8 Å². The van der Waals surface area contributed by atoms with Crippen LogP contribution >= 0.6 is 0 Å². The summed E-state index contributed by atoms with van der Waals surface area (Å²) >= 11 is 0. The quantitative estimate of drug-likeness (QED) is 0.753.